The Hall–Kier alpha value is -2.41. The van der Waals surface area contributed by atoms with Gasteiger partial charge in [0.05, 0.1) is 15.9 Å². The average Bonchev–Trinajstić information content (AvgIpc) is 3.28. The van der Waals surface area contributed by atoms with E-state index in [2.05, 4.69) is 36.0 Å². The van der Waals surface area contributed by atoms with Crippen LogP contribution in [-0.4, -0.2) is 51.8 Å². The number of fused-ring (bicyclic) bond motifs is 1. The topological polar surface area (TPSA) is 54.3 Å². The zero-order valence-electron chi connectivity index (χ0n) is 16.3. The molecule has 3 heterocycles. The summed E-state index contributed by atoms with van der Waals surface area (Å²) in [5, 5.41) is 5.45. The Labute approximate surface area is 163 Å². The molecule has 6 nitrogen and oxygen atoms in total. The van der Waals surface area contributed by atoms with Gasteiger partial charge in [0, 0.05) is 32.7 Å². The molecule has 27 heavy (non-hydrogen) atoms. The lowest BCUT2D eigenvalue weighted by molar-refractivity contribution is 0.0734. The molecule has 0 radical (unpaired) electrons. The molecule has 1 saturated heterocycles. The van der Waals surface area contributed by atoms with Crippen LogP contribution < -0.4 is 4.90 Å². The molecule has 1 aromatic carbocycles. The smallest absolute Gasteiger partial charge is 0.272 e. The van der Waals surface area contributed by atoms with Gasteiger partial charge in [-0.3, -0.25) is 9.48 Å². The number of amides is 1. The maximum atomic E-state index is 12.9. The van der Waals surface area contributed by atoms with Gasteiger partial charge >= 0.3 is 0 Å². The van der Waals surface area contributed by atoms with Crippen molar-refractivity contribution < 1.29 is 4.79 Å². The molecule has 3 aromatic rings. The van der Waals surface area contributed by atoms with E-state index in [4.69, 9.17) is 4.98 Å². The second-order valence-corrected chi connectivity index (χ2v) is 8.13. The third kappa shape index (κ3) is 3.20. The van der Waals surface area contributed by atoms with Crippen LogP contribution in [0, 0.1) is 20.8 Å². The van der Waals surface area contributed by atoms with Crippen LogP contribution in [0.3, 0.4) is 0 Å². The first-order valence-electron chi connectivity index (χ1n) is 9.43. The molecule has 1 aliphatic rings. The Morgan fingerprint density at radius 2 is 1.89 bits per heavy atom. The lowest BCUT2D eigenvalue weighted by Crippen LogP contribution is -2.49. The second kappa shape index (κ2) is 6.96. The number of piperazine rings is 1. The Bertz CT molecular complexity index is 997. The molecular weight excluding hydrogens is 358 g/mol. The zero-order chi connectivity index (χ0) is 19.1. The fraction of sp³-hybridized carbons (Fsp3) is 0.450. The third-order valence-corrected chi connectivity index (χ3v) is 6.41. The first-order chi connectivity index (χ1) is 13.0. The molecule has 0 bridgehead atoms. The van der Waals surface area contributed by atoms with E-state index in [9.17, 15) is 4.79 Å². The first kappa shape index (κ1) is 18.0. The molecule has 4 rings (SSSR count). The van der Waals surface area contributed by atoms with E-state index in [1.54, 1.807) is 16.0 Å². The summed E-state index contributed by atoms with van der Waals surface area (Å²) in [7, 11) is 0. The molecule has 0 aliphatic carbocycles. The third-order valence-electron chi connectivity index (χ3n) is 5.33. The number of thiazole rings is 1. The second-order valence-electron chi connectivity index (χ2n) is 7.12. The highest BCUT2D eigenvalue weighted by molar-refractivity contribution is 7.22. The lowest BCUT2D eigenvalue weighted by atomic mass is 10.1. The fourth-order valence-electron chi connectivity index (χ4n) is 3.57. The number of nitrogens with zero attached hydrogens (tertiary/aromatic N) is 5. The van der Waals surface area contributed by atoms with Gasteiger partial charge in [0.2, 0.25) is 0 Å². The molecule has 2 aromatic heterocycles. The van der Waals surface area contributed by atoms with Crippen LogP contribution in [0.25, 0.3) is 10.2 Å². The molecule has 0 unspecified atom stereocenters. The number of carbonyl (C=O) groups is 1. The summed E-state index contributed by atoms with van der Waals surface area (Å²) < 4.78 is 3.02. The van der Waals surface area contributed by atoms with Crippen LogP contribution in [-0.2, 0) is 6.54 Å². The Balaban J connectivity index is 1.49. The molecule has 0 N–H and O–H groups in total. The SMILES string of the molecule is CCn1nc(C)cc1C(=O)N1CCN(c2nc3c(C)c(C)ccc3s2)CC1. The van der Waals surface area contributed by atoms with Crippen molar-refractivity contribution in [3.8, 4) is 0 Å². The standard InChI is InChI=1S/C20H25N5OS/c1-5-25-16(12-14(3)22-25)19(26)23-8-10-24(11-9-23)20-21-18-15(4)13(2)6-7-17(18)27-20/h6-7,12H,5,8-11H2,1-4H3. The van der Waals surface area contributed by atoms with Gasteiger partial charge in [-0.05, 0) is 51.0 Å². The van der Waals surface area contributed by atoms with Crippen molar-refractivity contribution in [2.24, 2.45) is 0 Å². The van der Waals surface area contributed by atoms with Gasteiger partial charge in [-0.25, -0.2) is 4.98 Å². The molecule has 1 amide bonds. The van der Waals surface area contributed by atoms with E-state index in [1.165, 1.54) is 15.8 Å². The van der Waals surface area contributed by atoms with Crippen LogP contribution in [0.1, 0.15) is 34.2 Å². The van der Waals surface area contributed by atoms with E-state index < -0.39 is 0 Å². The van der Waals surface area contributed by atoms with Crippen molar-refractivity contribution in [3.63, 3.8) is 0 Å². The summed E-state index contributed by atoms with van der Waals surface area (Å²) in [6, 6.07) is 6.21. The molecule has 0 saturated carbocycles. The van der Waals surface area contributed by atoms with Crippen molar-refractivity contribution in [1.29, 1.82) is 0 Å². The van der Waals surface area contributed by atoms with Crippen LogP contribution in [0.2, 0.25) is 0 Å². The van der Waals surface area contributed by atoms with Crippen molar-refractivity contribution in [1.82, 2.24) is 19.7 Å². The van der Waals surface area contributed by atoms with Gasteiger partial charge in [0.25, 0.3) is 5.91 Å². The zero-order valence-corrected chi connectivity index (χ0v) is 17.1. The summed E-state index contributed by atoms with van der Waals surface area (Å²) in [5.74, 6) is 0.0767. The van der Waals surface area contributed by atoms with Crippen molar-refractivity contribution in [3.05, 3.63) is 40.7 Å². The predicted octanol–water partition coefficient (Wildman–Crippen LogP) is 3.40. The van der Waals surface area contributed by atoms with Crippen LogP contribution in [0.15, 0.2) is 18.2 Å². The van der Waals surface area contributed by atoms with E-state index in [1.807, 2.05) is 24.8 Å². The highest BCUT2D eigenvalue weighted by Crippen LogP contribution is 2.32. The molecular formula is C20H25N5OS. The first-order valence-corrected chi connectivity index (χ1v) is 10.2. The summed E-state index contributed by atoms with van der Waals surface area (Å²) in [5.41, 5.74) is 5.22. The number of benzene rings is 1. The number of anilines is 1. The van der Waals surface area contributed by atoms with Gasteiger partial charge in [-0.15, -0.1) is 0 Å². The van der Waals surface area contributed by atoms with Crippen molar-refractivity contribution >= 4 is 32.6 Å². The fourth-order valence-corrected chi connectivity index (χ4v) is 4.65. The van der Waals surface area contributed by atoms with Crippen molar-refractivity contribution in [2.45, 2.75) is 34.2 Å². The maximum absolute atomic E-state index is 12.9. The van der Waals surface area contributed by atoms with Crippen molar-refractivity contribution in [2.75, 3.05) is 31.1 Å². The largest absolute Gasteiger partial charge is 0.345 e. The molecule has 142 valence electrons. The number of carbonyl (C=O) groups excluding carboxylic acids is 1. The molecule has 1 aliphatic heterocycles. The number of aryl methyl sites for hydroxylation is 4. The Morgan fingerprint density at radius 3 is 2.59 bits per heavy atom. The minimum Gasteiger partial charge on any atom is -0.345 e. The van der Waals surface area contributed by atoms with E-state index in [0.717, 1.165) is 29.4 Å². The number of hydrogen-bond donors (Lipinski definition) is 0. The summed E-state index contributed by atoms with van der Waals surface area (Å²) >= 11 is 1.74. The summed E-state index contributed by atoms with van der Waals surface area (Å²) in [6.07, 6.45) is 0. The predicted molar refractivity (Wildman–Crippen MR) is 110 cm³/mol. The monoisotopic (exact) mass is 383 g/mol. The number of rotatable bonds is 3. The van der Waals surface area contributed by atoms with E-state index in [0.29, 0.717) is 25.3 Å². The highest BCUT2D eigenvalue weighted by Gasteiger charge is 2.26. The van der Waals surface area contributed by atoms with E-state index >= 15 is 0 Å². The average molecular weight is 384 g/mol. The Morgan fingerprint density at radius 1 is 1.15 bits per heavy atom. The molecule has 0 spiro atoms. The van der Waals surface area contributed by atoms with Gasteiger partial charge in [0.15, 0.2) is 5.13 Å². The van der Waals surface area contributed by atoms with Gasteiger partial charge < -0.3 is 9.80 Å². The number of hydrogen-bond acceptors (Lipinski definition) is 5. The molecule has 0 atom stereocenters. The van der Waals surface area contributed by atoms with E-state index in [-0.39, 0.29) is 5.91 Å². The maximum Gasteiger partial charge on any atom is 0.272 e. The van der Waals surface area contributed by atoms with Crippen LogP contribution in [0.5, 0.6) is 0 Å². The van der Waals surface area contributed by atoms with Gasteiger partial charge in [0.1, 0.15) is 5.69 Å². The molecule has 7 heteroatoms. The summed E-state index contributed by atoms with van der Waals surface area (Å²) in [4.78, 5) is 22.0. The molecule has 1 fully saturated rings. The lowest BCUT2D eigenvalue weighted by Gasteiger charge is -2.34. The van der Waals surface area contributed by atoms with Gasteiger partial charge in [-0.2, -0.15) is 5.10 Å². The minimum absolute atomic E-state index is 0.0767. The minimum atomic E-state index is 0.0767. The summed E-state index contributed by atoms with van der Waals surface area (Å²) in [6.45, 7) is 11.9. The normalized spacial score (nSPS) is 15.0. The highest BCUT2D eigenvalue weighted by atomic mass is 32.1. The van der Waals surface area contributed by atoms with Crippen LogP contribution in [0.4, 0.5) is 5.13 Å². The Kier molecular flexibility index (Phi) is 4.63. The van der Waals surface area contributed by atoms with Crippen LogP contribution >= 0.6 is 11.3 Å². The number of aromatic nitrogens is 3. The quantitative estimate of drug-likeness (QED) is 0.696. The van der Waals surface area contributed by atoms with Gasteiger partial charge in [-0.1, -0.05) is 17.4 Å².